The molecule has 0 atom stereocenters. The van der Waals surface area contributed by atoms with Crippen molar-refractivity contribution in [2.45, 2.75) is 65.4 Å². The molecule has 0 aromatic rings. The van der Waals surface area contributed by atoms with Crippen LogP contribution in [0, 0.1) is 0 Å². The fourth-order valence-corrected chi connectivity index (χ4v) is 1.43. The predicted molar refractivity (Wildman–Crippen MR) is 73.0 cm³/mol. The molecule has 0 saturated carbocycles. The Bertz CT molecular complexity index is 364. The summed E-state index contributed by atoms with van der Waals surface area (Å²) in [7, 11) is 0. The van der Waals surface area contributed by atoms with Crippen LogP contribution in [0.25, 0.3) is 0 Å². The third kappa shape index (κ3) is 7.78. The molecule has 0 aliphatic rings. The van der Waals surface area contributed by atoms with Crippen molar-refractivity contribution in [3.05, 3.63) is 11.3 Å². The van der Waals surface area contributed by atoms with Gasteiger partial charge in [0.2, 0.25) is 0 Å². The van der Waals surface area contributed by atoms with Crippen molar-refractivity contribution in [3.8, 4) is 0 Å². The molecule has 0 radical (unpaired) electrons. The van der Waals surface area contributed by atoms with E-state index in [0.717, 1.165) is 19.3 Å². The molecule has 0 unspecified atom stereocenters. The molecule has 0 saturated heterocycles. The molecule has 6 nitrogen and oxygen atoms in total. The quantitative estimate of drug-likeness (QED) is 0.222. The van der Waals surface area contributed by atoms with Gasteiger partial charge in [-0.05, 0) is 33.6 Å². The standard InChI is InChI=1S/C14H24O6/c1-5-6-7-8-9-10(12(15)16)11(13(17)18)19-20-14(2,3)4/h5-9H2,1-4H3,(H,15,16)(H,17,18). The van der Waals surface area contributed by atoms with Gasteiger partial charge >= 0.3 is 11.9 Å². The molecule has 20 heavy (non-hydrogen) atoms. The largest absolute Gasteiger partial charge is 0.478 e. The van der Waals surface area contributed by atoms with Crippen LogP contribution in [-0.4, -0.2) is 27.8 Å². The van der Waals surface area contributed by atoms with Gasteiger partial charge in [-0.25, -0.2) is 9.59 Å². The summed E-state index contributed by atoms with van der Waals surface area (Å²) in [5.41, 5.74) is -0.996. The summed E-state index contributed by atoms with van der Waals surface area (Å²) in [6.07, 6.45) is 3.59. The van der Waals surface area contributed by atoms with Crippen molar-refractivity contribution in [2.24, 2.45) is 0 Å². The second kappa shape index (κ2) is 8.58. The lowest BCUT2D eigenvalue weighted by Crippen LogP contribution is -2.23. The van der Waals surface area contributed by atoms with E-state index >= 15 is 0 Å². The van der Waals surface area contributed by atoms with Crippen LogP contribution < -0.4 is 0 Å². The third-order valence-corrected chi connectivity index (χ3v) is 2.38. The Hall–Kier alpha value is -1.56. The minimum Gasteiger partial charge on any atom is -0.478 e. The SMILES string of the molecule is CCCCCCC(C(=O)O)=C(OOC(C)(C)C)C(=O)O. The van der Waals surface area contributed by atoms with E-state index in [1.54, 1.807) is 20.8 Å². The van der Waals surface area contributed by atoms with Gasteiger partial charge < -0.3 is 15.1 Å². The van der Waals surface area contributed by atoms with Crippen molar-refractivity contribution in [1.82, 2.24) is 0 Å². The summed E-state index contributed by atoms with van der Waals surface area (Å²) in [5.74, 6) is -3.39. The Morgan fingerprint density at radius 2 is 1.60 bits per heavy atom. The minimum absolute atomic E-state index is 0.143. The van der Waals surface area contributed by atoms with Gasteiger partial charge in [-0.15, -0.1) is 0 Å². The maximum Gasteiger partial charge on any atom is 0.375 e. The Morgan fingerprint density at radius 1 is 1.00 bits per heavy atom. The highest BCUT2D eigenvalue weighted by atomic mass is 17.2. The van der Waals surface area contributed by atoms with Gasteiger partial charge in [-0.2, -0.15) is 4.89 Å². The van der Waals surface area contributed by atoms with Crippen LogP contribution in [-0.2, 0) is 19.4 Å². The van der Waals surface area contributed by atoms with Crippen LogP contribution in [0.3, 0.4) is 0 Å². The van der Waals surface area contributed by atoms with E-state index in [1.807, 2.05) is 6.92 Å². The van der Waals surface area contributed by atoms with Gasteiger partial charge in [0.1, 0.15) is 5.60 Å². The lowest BCUT2D eigenvalue weighted by Gasteiger charge is -2.18. The van der Waals surface area contributed by atoms with Crippen LogP contribution in [0.1, 0.15) is 59.8 Å². The lowest BCUT2D eigenvalue weighted by atomic mass is 10.1. The third-order valence-electron chi connectivity index (χ3n) is 2.38. The summed E-state index contributed by atoms with van der Waals surface area (Å²) in [6.45, 7) is 7.06. The molecular weight excluding hydrogens is 264 g/mol. The van der Waals surface area contributed by atoms with Gasteiger partial charge in [-0.1, -0.05) is 26.2 Å². The van der Waals surface area contributed by atoms with E-state index in [0.29, 0.717) is 6.42 Å². The molecule has 2 N–H and O–H groups in total. The molecule has 0 aliphatic heterocycles. The number of hydrogen-bond acceptors (Lipinski definition) is 4. The molecule has 6 heteroatoms. The molecule has 0 spiro atoms. The highest BCUT2D eigenvalue weighted by Gasteiger charge is 2.25. The summed E-state index contributed by atoms with van der Waals surface area (Å²) in [4.78, 5) is 32.0. The van der Waals surface area contributed by atoms with Crippen molar-refractivity contribution in [1.29, 1.82) is 0 Å². The maximum absolute atomic E-state index is 11.2. The van der Waals surface area contributed by atoms with E-state index in [4.69, 9.17) is 20.0 Å². The van der Waals surface area contributed by atoms with E-state index in [-0.39, 0.29) is 12.0 Å². The average molecular weight is 288 g/mol. The fraction of sp³-hybridized carbons (Fsp3) is 0.714. The van der Waals surface area contributed by atoms with E-state index in [1.165, 1.54) is 0 Å². The Kier molecular flexibility index (Phi) is 7.91. The molecule has 116 valence electrons. The normalized spacial score (nSPS) is 12.8. The first-order valence-corrected chi connectivity index (χ1v) is 6.74. The molecule has 0 bridgehead atoms. The Morgan fingerprint density at radius 3 is 2.00 bits per heavy atom. The second-order valence-electron chi connectivity index (χ2n) is 5.51. The lowest BCUT2D eigenvalue weighted by molar-refractivity contribution is -0.321. The van der Waals surface area contributed by atoms with Crippen molar-refractivity contribution in [2.75, 3.05) is 0 Å². The molecule has 0 fully saturated rings. The Labute approximate surface area is 119 Å². The first-order chi connectivity index (χ1) is 9.19. The number of hydrogen-bond donors (Lipinski definition) is 2. The molecule has 0 aliphatic carbocycles. The summed E-state index contributed by atoms with van der Waals surface area (Å²) in [6, 6.07) is 0. The molecular formula is C14H24O6. The summed E-state index contributed by atoms with van der Waals surface area (Å²) >= 11 is 0. The first kappa shape index (κ1) is 18.4. The van der Waals surface area contributed by atoms with Crippen LogP contribution in [0.2, 0.25) is 0 Å². The summed E-state index contributed by atoms with van der Waals surface area (Å²) in [5, 5.41) is 18.2. The highest BCUT2D eigenvalue weighted by Crippen LogP contribution is 2.19. The van der Waals surface area contributed by atoms with Gasteiger partial charge in [-0.3, -0.25) is 0 Å². The predicted octanol–water partition coefficient (Wildman–Crippen LogP) is 3.13. The van der Waals surface area contributed by atoms with Gasteiger partial charge in [0.15, 0.2) is 0 Å². The van der Waals surface area contributed by atoms with Crippen LogP contribution in [0.4, 0.5) is 0 Å². The zero-order valence-corrected chi connectivity index (χ0v) is 12.6. The maximum atomic E-state index is 11.2. The number of carboxylic acids is 2. The molecule has 0 aromatic carbocycles. The smallest absolute Gasteiger partial charge is 0.375 e. The van der Waals surface area contributed by atoms with Crippen LogP contribution in [0.5, 0.6) is 0 Å². The molecule has 0 amide bonds. The Balaban J connectivity index is 4.94. The number of rotatable bonds is 9. The zero-order valence-electron chi connectivity index (χ0n) is 12.6. The second-order valence-corrected chi connectivity index (χ2v) is 5.51. The van der Waals surface area contributed by atoms with E-state index in [9.17, 15) is 9.59 Å². The van der Waals surface area contributed by atoms with Crippen LogP contribution in [0.15, 0.2) is 11.3 Å². The first-order valence-electron chi connectivity index (χ1n) is 6.74. The molecule has 0 rings (SSSR count). The minimum atomic E-state index is -1.44. The zero-order chi connectivity index (χ0) is 15.8. The molecule has 0 heterocycles. The molecule has 0 aromatic heterocycles. The van der Waals surface area contributed by atoms with E-state index in [2.05, 4.69) is 0 Å². The van der Waals surface area contributed by atoms with Crippen molar-refractivity contribution >= 4 is 11.9 Å². The topological polar surface area (TPSA) is 93.1 Å². The number of carbonyl (C=O) groups is 2. The van der Waals surface area contributed by atoms with Crippen molar-refractivity contribution in [3.63, 3.8) is 0 Å². The van der Waals surface area contributed by atoms with Gasteiger partial charge in [0.25, 0.3) is 5.76 Å². The summed E-state index contributed by atoms with van der Waals surface area (Å²) < 4.78 is 0. The monoisotopic (exact) mass is 288 g/mol. The highest BCUT2D eigenvalue weighted by molar-refractivity contribution is 5.97. The van der Waals surface area contributed by atoms with Crippen LogP contribution >= 0.6 is 0 Å². The van der Waals surface area contributed by atoms with Gasteiger partial charge in [0, 0.05) is 0 Å². The van der Waals surface area contributed by atoms with Gasteiger partial charge in [0.05, 0.1) is 5.57 Å². The van der Waals surface area contributed by atoms with E-state index < -0.39 is 23.3 Å². The number of aliphatic carboxylic acids is 2. The average Bonchev–Trinajstić information content (AvgIpc) is 2.29. The number of carboxylic acid groups (broad SMARTS) is 2. The van der Waals surface area contributed by atoms with Crippen molar-refractivity contribution < 1.29 is 29.6 Å². The fourth-order valence-electron chi connectivity index (χ4n) is 1.43. The number of unbranched alkanes of at least 4 members (excludes halogenated alkanes) is 3.